The Morgan fingerprint density at radius 3 is 2.87 bits per heavy atom. The second-order valence-corrected chi connectivity index (χ2v) is 5.47. The monoisotopic (exact) mass is 320 g/mol. The SMILES string of the molecule is CC1CC(=O)Nc2c1c(NC(=O)c1ccc(F)cc1F)nn2C. The fraction of sp³-hybridized carbons (Fsp3) is 0.267. The van der Waals surface area contributed by atoms with E-state index in [2.05, 4.69) is 15.7 Å². The number of carbonyl (C=O) groups excluding carboxylic acids is 2. The van der Waals surface area contributed by atoms with Crippen LogP contribution in [0.25, 0.3) is 0 Å². The van der Waals surface area contributed by atoms with Crippen molar-refractivity contribution in [2.45, 2.75) is 19.3 Å². The molecule has 1 aliphatic rings. The van der Waals surface area contributed by atoms with Gasteiger partial charge in [-0.25, -0.2) is 8.78 Å². The Morgan fingerprint density at radius 2 is 2.17 bits per heavy atom. The zero-order valence-corrected chi connectivity index (χ0v) is 12.5. The Balaban J connectivity index is 1.93. The fourth-order valence-corrected chi connectivity index (χ4v) is 2.66. The molecule has 0 spiro atoms. The summed E-state index contributed by atoms with van der Waals surface area (Å²) in [7, 11) is 1.63. The number of halogens is 2. The summed E-state index contributed by atoms with van der Waals surface area (Å²) in [6, 6.07) is 2.72. The minimum Gasteiger partial charge on any atom is -0.311 e. The summed E-state index contributed by atoms with van der Waals surface area (Å²) in [5.41, 5.74) is 0.404. The molecule has 2 aromatic rings. The van der Waals surface area contributed by atoms with Gasteiger partial charge in [-0.3, -0.25) is 14.3 Å². The van der Waals surface area contributed by atoms with E-state index in [1.165, 1.54) is 4.68 Å². The van der Waals surface area contributed by atoms with Crippen LogP contribution in [0.1, 0.15) is 35.2 Å². The second-order valence-electron chi connectivity index (χ2n) is 5.47. The molecular weight excluding hydrogens is 306 g/mol. The number of aryl methyl sites for hydroxylation is 1. The smallest absolute Gasteiger partial charge is 0.259 e. The number of nitrogens with zero attached hydrogens (tertiary/aromatic N) is 2. The highest BCUT2D eigenvalue weighted by Crippen LogP contribution is 2.37. The van der Waals surface area contributed by atoms with Gasteiger partial charge in [-0.05, 0) is 18.1 Å². The lowest BCUT2D eigenvalue weighted by Crippen LogP contribution is -2.23. The minimum atomic E-state index is -0.950. The first-order valence-electron chi connectivity index (χ1n) is 7.00. The Bertz CT molecular complexity index is 816. The summed E-state index contributed by atoms with van der Waals surface area (Å²) >= 11 is 0. The molecule has 0 radical (unpaired) electrons. The Labute approximate surface area is 130 Å². The van der Waals surface area contributed by atoms with Crippen LogP contribution in [0.3, 0.4) is 0 Å². The van der Waals surface area contributed by atoms with Crippen LogP contribution in [0, 0.1) is 11.6 Å². The first-order valence-corrected chi connectivity index (χ1v) is 7.00. The number of fused-ring (bicyclic) bond motifs is 1. The molecule has 0 saturated carbocycles. The number of anilines is 2. The molecule has 3 rings (SSSR count). The predicted octanol–water partition coefficient (Wildman–Crippen LogP) is 2.40. The molecule has 1 unspecified atom stereocenters. The summed E-state index contributed by atoms with van der Waals surface area (Å²) in [4.78, 5) is 23.8. The van der Waals surface area contributed by atoms with Crippen molar-refractivity contribution >= 4 is 23.5 Å². The second kappa shape index (κ2) is 5.45. The number of benzene rings is 1. The van der Waals surface area contributed by atoms with Gasteiger partial charge in [0, 0.05) is 25.1 Å². The van der Waals surface area contributed by atoms with E-state index < -0.39 is 17.5 Å². The van der Waals surface area contributed by atoms with Crippen LogP contribution in [0.2, 0.25) is 0 Å². The van der Waals surface area contributed by atoms with E-state index in [4.69, 9.17) is 0 Å². The van der Waals surface area contributed by atoms with Crippen molar-refractivity contribution in [3.8, 4) is 0 Å². The van der Waals surface area contributed by atoms with Gasteiger partial charge >= 0.3 is 0 Å². The molecule has 120 valence electrons. The van der Waals surface area contributed by atoms with Crippen molar-refractivity contribution in [3.63, 3.8) is 0 Å². The number of hydrogen-bond donors (Lipinski definition) is 2. The zero-order valence-electron chi connectivity index (χ0n) is 12.5. The number of amides is 2. The van der Waals surface area contributed by atoms with Crippen molar-refractivity contribution in [2.75, 3.05) is 10.6 Å². The molecule has 2 N–H and O–H groups in total. The van der Waals surface area contributed by atoms with Gasteiger partial charge in [0.25, 0.3) is 5.91 Å². The molecule has 23 heavy (non-hydrogen) atoms. The van der Waals surface area contributed by atoms with Crippen LogP contribution in [0.15, 0.2) is 18.2 Å². The standard InChI is InChI=1S/C15H14F2N4O2/c1-7-5-11(22)18-14-12(7)13(20-21(14)2)19-15(23)9-4-3-8(16)6-10(9)17/h3-4,6-7H,5H2,1-2H3,(H,18,22)(H,19,20,23). The van der Waals surface area contributed by atoms with Crippen molar-refractivity contribution < 1.29 is 18.4 Å². The number of hydrogen-bond acceptors (Lipinski definition) is 3. The van der Waals surface area contributed by atoms with Gasteiger partial charge in [-0.2, -0.15) is 5.10 Å². The lowest BCUT2D eigenvalue weighted by molar-refractivity contribution is -0.116. The first kappa shape index (κ1) is 15.1. The van der Waals surface area contributed by atoms with Gasteiger partial charge in [0.1, 0.15) is 17.5 Å². The predicted molar refractivity (Wildman–Crippen MR) is 79.2 cm³/mol. The molecule has 8 heteroatoms. The largest absolute Gasteiger partial charge is 0.311 e. The highest BCUT2D eigenvalue weighted by molar-refractivity contribution is 6.05. The van der Waals surface area contributed by atoms with E-state index in [9.17, 15) is 18.4 Å². The Kier molecular flexibility index (Phi) is 3.59. The molecular formula is C15H14F2N4O2. The average Bonchev–Trinajstić information content (AvgIpc) is 2.75. The van der Waals surface area contributed by atoms with Crippen molar-refractivity contribution in [2.24, 2.45) is 7.05 Å². The van der Waals surface area contributed by atoms with Gasteiger partial charge in [0.2, 0.25) is 5.91 Å². The van der Waals surface area contributed by atoms with Crippen LogP contribution in [0.4, 0.5) is 20.4 Å². The summed E-state index contributed by atoms with van der Waals surface area (Å²) in [6.07, 6.45) is 0.270. The van der Waals surface area contributed by atoms with E-state index in [-0.39, 0.29) is 29.6 Å². The van der Waals surface area contributed by atoms with Crippen LogP contribution >= 0.6 is 0 Å². The molecule has 0 aliphatic carbocycles. The minimum absolute atomic E-state index is 0.129. The van der Waals surface area contributed by atoms with Crippen LogP contribution in [0.5, 0.6) is 0 Å². The molecule has 6 nitrogen and oxygen atoms in total. The van der Waals surface area contributed by atoms with Crippen LogP contribution in [-0.2, 0) is 11.8 Å². The molecule has 2 amide bonds. The van der Waals surface area contributed by atoms with Crippen LogP contribution < -0.4 is 10.6 Å². The highest BCUT2D eigenvalue weighted by Gasteiger charge is 2.30. The summed E-state index contributed by atoms with van der Waals surface area (Å²) < 4.78 is 28.1. The number of rotatable bonds is 2. The van der Waals surface area contributed by atoms with E-state index in [1.54, 1.807) is 7.05 Å². The third-order valence-corrected chi connectivity index (χ3v) is 3.73. The van der Waals surface area contributed by atoms with Gasteiger partial charge in [0.15, 0.2) is 5.82 Å². The maximum absolute atomic E-state index is 13.7. The van der Waals surface area contributed by atoms with Gasteiger partial charge in [-0.1, -0.05) is 6.92 Å². The lowest BCUT2D eigenvalue weighted by atomic mass is 9.95. The number of aromatic nitrogens is 2. The number of carbonyl (C=O) groups is 2. The highest BCUT2D eigenvalue weighted by atomic mass is 19.1. The van der Waals surface area contributed by atoms with Gasteiger partial charge in [0.05, 0.1) is 5.56 Å². The van der Waals surface area contributed by atoms with Crippen molar-refractivity contribution in [3.05, 3.63) is 41.0 Å². The van der Waals surface area contributed by atoms with Gasteiger partial charge < -0.3 is 10.6 Å². The van der Waals surface area contributed by atoms with E-state index in [0.717, 1.165) is 12.1 Å². The maximum atomic E-state index is 13.7. The molecule has 1 atom stereocenters. The van der Waals surface area contributed by atoms with Crippen LogP contribution in [-0.4, -0.2) is 21.6 Å². The topological polar surface area (TPSA) is 76.0 Å². The lowest BCUT2D eigenvalue weighted by Gasteiger charge is -2.20. The Morgan fingerprint density at radius 1 is 1.43 bits per heavy atom. The zero-order chi connectivity index (χ0) is 16.7. The molecule has 1 aliphatic heterocycles. The quantitative estimate of drug-likeness (QED) is 0.892. The summed E-state index contributed by atoms with van der Waals surface area (Å²) in [5.74, 6) is -1.95. The maximum Gasteiger partial charge on any atom is 0.259 e. The van der Waals surface area contributed by atoms with Gasteiger partial charge in [-0.15, -0.1) is 0 Å². The third kappa shape index (κ3) is 2.67. The fourth-order valence-electron chi connectivity index (χ4n) is 2.66. The molecule has 0 bridgehead atoms. The van der Waals surface area contributed by atoms with Crippen molar-refractivity contribution in [1.29, 1.82) is 0 Å². The van der Waals surface area contributed by atoms with E-state index in [1.807, 2.05) is 6.92 Å². The molecule has 0 saturated heterocycles. The summed E-state index contributed by atoms with van der Waals surface area (Å²) in [5, 5.41) is 9.39. The molecule has 0 fully saturated rings. The van der Waals surface area contributed by atoms with E-state index in [0.29, 0.717) is 17.4 Å². The normalized spacial score (nSPS) is 16.7. The average molecular weight is 320 g/mol. The summed E-state index contributed by atoms with van der Waals surface area (Å²) in [6.45, 7) is 1.84. The molecule has 2 heterocycles. The molecule has 1 aromatic carbocycles. The first-order chi connectivity index (χ1) is 10.9. The molecule has 1 aromatic heterocycles. The Hall–Kier alpha value is -2.77. The number of nitrogens with one attached hydrogen (secondary N) is 2. The van der Waals surface area contributed by atoms with E-state index >= 15 is 0 Å². The third-order valence-electron chi connectivity index (χ3n) is 3.73. The van der Waals surface area contributed by atoms with Crippen molar-refractivity contribution in [1.82, 2.24) is 9.78 Å².